The van der Waals surface area contributed by atoms with Crippen molar-refractivity contribution in [2.45, 2.75) is 6.04 Å². The van der Waals surface area contributed by atoms with Crippen LogP contribution in [0.1, 0.15) is 22.7 Å². The van der Waals surface area contributed by atoms with Crippen LogP contribution < -0.4 is 5.32 Å². The molecule has 1 atom stereocenters. The smallest absolute Gasteiger partial charge is 0.135 e. The summed E-state index contributed by atoms with van der Waals surface area (Å²) >= 11 is 0. The van der Waals surface area contributed by atoms with E-state index in [9.17, 15) is 0 Å². The van der Waals surface area contributed by atoms with E-state index in [2.05, 4.69) is 192 Å². The standard InChI is InChI=1S/C51H35N3/c1-2-12-39(13-3-1)49-43-16-6-8-18-45(43)50(46-19-9-7-17-44(46)49)51-53-47(32-48(54-51)38-27-22-36(23-28-38)42-15-10-30-52-33-42)37-25-20-35(21-26-37)41-29-24-34-11-4-5-14-40(34)31-41/h1-33,47H,(H,53,54). The van der Waals surface area contributed by atoms with Gasteiger partial charge in [0.25, 0.3) is 0 Å². The highest BCUT2D eigenvalue weighted by Crippen LogP contribution is 2.41. The number of hydrogen-bond acceptors (Lipinski definition) is 3. The van der Waals surface area contributed by atoms with Gasteiger partial charge in [0.05, 0.1) is 11.7 Å². The molecule has 1 aliphatic rings. The third kappa shape index (κ3) is 5.73. The summed E-state index contributed by atoms with van der Waals surface area (Å²) in [5, 5.41) is 11.1. The van der Waals surface area contributed by atoms with Crippen LogP contribution in [-0.2, 0) is 0 Å². The lowest BCUT2D eigenvalue weighted by molar-refractivity contribution is 0.782. The molecule has 10 rings (SSSR count). The average molecular weight is 690 g/mol. The number of nitrogens with one attached hydrogen (secondary N) is 1. The zero-order chi connectivity index (χ0) is 35.8. The summed E-state index contributed by atoms with van der Waals surface area (Å²) in [6, 6.07) is 65.1. The quantitative estimate of drug-likeness (QED) is 0.176. The Hall–Kier alpha value is -7.10. The third-order valence-corrected chi connectivity index (χ3v) is 10.6. The fourth-order valence-electron chi connectivity index (χ4n) is 7.92. The predicted octanol–water partition coefficient (Wildman–Crippen LogP) is 12.7. The predicted molar refractivity (Wildman–Crippen MR) is 226 cm³/mol. The Balaban J connectivity index is 1.12. The van der Waals surface area contributed by atoms with Crippen molar-refractivity contribution in [3.05, 3.63) is 217 Å². The van der Waals surface area contributed by atoms with Gasteiger partial charge in [-0.25, -0.2) is 4.99 Å². The Morgan fingerprint density at radius 2 is 0.963 bits per heavy atom. The Labute approximate surface area is 314 Å². The molecule has 3 heteroatoms. The fourth-order valence-corrected chi connectivity index (χ4v) is 7.92. The van der Waals surface area contributed by atoms with Gasteiger partial charge in [0.1, 0.15) is 5.84 Å². The normalized spacial score (nSPS) is 14.1. The third-order valence-electron chi connectivity index (χ3n) is 10.6. The summed E-state index contributed by atoms with van der Waals surface area (Å²) in [4.78, 5) is 9.78. The molecule has 0 radical (unpaired) electrons. The van der Waals surface area contributed by atoms with Crippen molar-refractivity contribution in [1.82, 2.24) is 10.3 Å². The van der Waals surface area contributed by atoms with E-state index in [0.29, 0.717) is 0 Å². The van der Waals surface area contributed by atoms with E-state index in [4.69, 9.17) is 4.99 Å². The van der Waals surface area contributed by atoms with Gasteiger partial charge in [0.15, 0.2) is 0 Å². The number of hydrogen-bond donors (Lipinski definition) is 1. The van der Waals surface area contributed by atoms with Crippen LogP contribution in [0, 0.1) is 0 Å². The van der Waals surface area contributed by atoms with Crippen LogP contribution in [0.15, 0.2) is 205 Å². The van der Waals surface area contributed by atoms with Crippen LogP contribution in [0.25, 0.3) is 71.4 Å². The number of fused-ring (bicyclic) bond motifs is 3. The van der Waals surface area contributed by atoms with Crippen molar-refractivity contribution >= 4 is 43.9 Å². The Kier molecular flexibility index (Phi) is 7.88. The molecule has 2 heterocycles. The molecular weight excluding hydrogens is 655 g/mol. The van der Waals surface area contributed by atoms with E-state index in [1.54, 1.807) is 0 Å². The van der Waals surface area contributed by atoms with Gasteiger partial charge in [0.2, 0.25) is 0 Å². The maximum absolute atomic E-state index is 5.45. The van der Waals surface area contributed by atoms with Gasteiger partial charge in [-0.3, -0.25) is 4.98 Å². The number of aliphatic imine (C=N–C) groups is 1. The lowest BCUT2D eigenvalue weighted by Gasteiger charge is -2.27. The molecule has 3 nitrogen and oxygen atoms in total. The van der Waals surface area contributed by atoms with Crippen LogP contribution >= 0.6 is 0 Å². The first kappa shape index (κ1) is 31.6. The second-order valence-corrected chi connectivity index (χ2v) is 13.8. The number of rotatable bonds is 6. The van der Waals surface area contributed by atoms with Gasteiger partial charge in [0, 0.05) is 18.0 Å². The Morgan fingerprint density at radius 3 is 1.65 bits per heavy atom. The van der Waals surface area contributed by atoms with Gasteiger partial charge in [-0.05, 0) is 95.0 Å². The van der Waals surface area contributed by atoms with Gasteiger partial charge in [-0.15, -0.1) is 0 Å². The molecule has 0 bridgehead atoms. The molecule has 1 unspecified atom stereocenters. The van der Waals surface area contributed by atoms with Crippen molar-refractivity contribution in [3.8, 4) is 33.4 Å². The Bertz CT molecular complexity index is 2820. The van der Waals surface area contributed by atoms with Crippen molar-refractivity contribution in [2.75, 3.05) is 0 Å². The first-order valence-corrected chi connectivity index (χ1v) is 18.4. The topological polar surface area (TPSA) is 37.3 Å². The minimum Gasteiger partial charge on any atom is -0.359 e. The molecule has 1 aromatic heterocycles. The number of benzene rings is 8. The summed E-state index contributed by atoms with van der Waals surface area (Å²) in [7, 11) is 0. The summed E-state index contributed by atoms with van der Waals surface area (Å²) in [5.74, 6) is 0.861. The molecule has 0 saturated heterocycles. The first-order chi connectivity index (χ1) is 26.8. The molecule has 9 aromatic rings. The van der Waals surface area contributed by atoms with E-state index in [0.717, 1.165) is 33.8 Å². The first-order valence-electron chi connectivity index (χ1n) is 18.4. The minimum atomic E-state index is -0.109. The van der Waals surface area contributed by atoms with Crippen molar-refractivity contribution < 1.29 is 0 Å². The van der Waals surface area contributed by atoms with Crippen LogP contribution in [0.5, 0.6) is 0 Å². The monoisotopic (exact) mass is 689 g/mol. The second kappa shape index (κ2) is 13.5. The summed E-state index contributed by atoms with van der Waals surface area (Å²) in [5.41, 5.74) is 11.3. The molecular formula is C51H35N3. The van der Waals surface area contributed by atoms with Crippen molar-refractivity contribution in [1.29, 1.82) is 0 Å². The van der Waals surface area contributed by atoms with E-state index < -0.39 is 0 Å². The number of nitrogens with zero attached hydrogens (tertiary/aromatic N) is 2. The van der Waals surface area contributed by atoms with Crippen LogP contribution in [-0.4, -0.2) is 10.8 Å². The second-order valence-electron chi connectivity index (χ2n) is 13.8. The summed E-state index contributed by atoms with van der Waals surface area (Å²) in [6.07, 6.45) is 5.97. The highest BCUT2D eigenvalue weighted by molar-refractivity contribution is 6.26. The molecule has 8 aromatic carbocycles. The summed E-state index contributed by atoms with van der Waals surface area (Å²) < 4.78 is 0. The van der Waals surface area contributed by atoms with E-state index in [1.807, 2.05) is 18.5 Å². The lowest BCUT2D eigenvalue weighted by atomic mass is 9.87. The number of amidine groups is 1. The SMILES string of the molecule is C1=C(c2ccc(-c3cccnc3)cc2)N=C(c2c3ccccc3c(-c3ccccc3)c3ccccc23)NC1c1ccc(-c2ccc3ccccc3c2)cc1. The van der Waals surface area contributed by atoms with E-state index in [1.165, 1.54) is 60.1 Å². The van der Waals surface area contributed by atoms with E-state index in [-0.39, 0.29) is 6.04 Å². The van der Waals surface area contributed by atoms with Crippen LogP contribution in [0.4, 0.5) is 0 Å². The maximum Gasteiger partial charge on any atom is 0.135 e. The average Bonchev–Trinajstić information content (AvgIpc) is 3.26. The number of pyridine rings is 1. The fraction of sp³-hybridized carbons (Fsp3) is 0.0196. The molecule has 0 fully saturated rings. The molecule has 0 spiro atoms. The van der Waals surface area contributed by atoms with Crippen molar-refractivity contribution in [3.63, 3.8) is 0 Å². The van der Waals surface area contributed by atoms with E-state index >= 15 is 0 Å². The van der Waals surface area contributed by atoms with Gasteiger partial charge < -0.3 is 5.32 Å². The number of aromatic nitrogens is 1. The highest BCUT2D eigenvalue weighted by Gasteiger charge is 2.24. The molecule has 1 N–H and O–H groups in total. The molecule has 54 heavy (non-hydrogen) atoms. The molecule has 0 amide bonds. The largest absolute Gasteiger partial charge is 0.359 e. The zero-order valence-corrected chi connectivity index (χ0v) is 29.5. The molecule has 0 aliphatic carbocycles. The zero-order valence-electron chi connectivity index (χ0n) is 29.5. The lowest BCUT2D eigenvalue weighted by Crippen LogP contribution is -2.31. The van der Waals surface area contributed by atoms with Gasteiger partial charge in [-0.2, -0.15) is 0 Å². The molecule has 1 aliphatic heterocycles. The van der Waals surface area contributed by atoms with Crippen LogP contribution in [0.2, 0.25) is 0 Å². The Morgan fingerprint density at radius 1 is 0.407 bits per heavy atom. The van der Waals surface area contributed by atoms with Gasteiger partial charge in [-0.1, -0.05) is 170 Å². The highest BCUT2D eigenvalue weighted by atomic mass is 15.0. The molecule has 254 valence electrons. The van der Waals surface area contributed by atoms with Crippen LogP contribution in [0.3, 0.4) is 0 Å². The molecule has 0 saturated carbocycles. The summed E-state index contributed by atoms with van der Waals surface area (Å²) in [6.45, 7) is 0. The van der Waals surface area contributed by atoms with Gasteiger partial charge >= 0.3 is 0 Å². The maximum atomic E-state index is 5.45. The minimum absolute atomic E-state index is 0.109. The van der Waals surface area contributed by atoms with Crippen molar-refractivity contribution in [2.24, 2.45) is 4.99 Å².